The minimum absolute atomic E-state index is 0.0502. The second kappa shape index (κ2) is 6.81. The molecule has 1 aromatic carbocycles. The van der Waals surface area contributed by atoms with E-state index in [1.807, 2.05) is 0 Å². The number of fused-ring (bicyclic) bond motifs is 1. The molecule has 130 valence electrons. The normalized spacial score (nSPS) is 11.9. The molecule has 9 heteroatoms. The van der Waals surface area contributed by atoms with Crippen molar-refractivity contribution in [3.8, 4) is 0 Å². The van der Waals surface area contributed by atoms with E-state index in [1.165, 1.54) is 18.4 Å². The van der Waals surface area contributed by atoms with Crippen LogP contribution in [0.25, 0.3) is 10.2 Å². The van der Waals surface area contributed by atoms with E-state index in [9.17, 15) is 9.59 Å². The number of aromatic nitrogens is 3. The van der Waals surface area contributed by atoms with Crippen LogP contribution in [0.5, 0.6) is 0 Å². The Morgan fingerprint density at radius 1 is 1.40 bits per heavy atom. The number of nitrogens with zero attached hydrogens (tertiary/aromatic N) is 4. The van der Waals surface area contributed by atoms with Gasteiger partial charge in [0, 0.05) is 23.8 Å². The second-order valence-corrected chi connectivity index (χ2v) is 6.86. The van der Waals surface area contributed by atoms with Gasteiger partial charge in [0.2, 0.25) is 0 Å². The lowest BCUT2D eigenvalue weighted by molar-refractivity contribution is -0.141. The van der Waals surface area contributed by atoms with Crippen molar-refractivity contribution in [2.45, 2.75) is 13.5 Å². The molecule has 0 aliphatic heterocycles. The topological polar surface area (TPSA) is 78.5 Å². The number of rotatable bonds is 3. The number of methoxy groups -OCH3 is 1. The number of carbonyl (C=O) groups excluding carboxylic acids is 2. The van der Waals surface area contributed by atoms with Crippen LogP contribution in [-0.2, 0) is 23.1 Å². The number of esters is 1. The van der Waals surface area contributed by atoms with Gasteiger partial charge in [-0.2, -0.15) is 10.1 Å². The monoisotopic (exact) mass is 378 g/mol. The lowest BCUT2D eigenvalue weighted by Gasteiger charge is -2.03. The van der Waals surface area contributed by atoms with Crippen molar-refractivity contribution in [1.82, 2.24) is 14.3 Å². The van der Waals surface area contributed by atoms with Crippen LogP contribution in [0.2, 0.25) is 5.02 Å². The first-order chi connectivity index (χ1) is 11.9. The predicted molar refractivity (Wildman–Crippen MR) is 94.7 cm³/mol. The minimum atomic E-state index is -0.464. The Balaban J connectivity index is 2.16. The van der Waals surface area contributed by atoms with Gasteiger partial charge < -0.3 is 9.30 Å². The quantitative estimate of drug-likeness (QED) is 0.655. The maximum Gasteiger partial charge on any atom is 0.325 e. The maximum absolute atomic E-state index is 12.5. The summed E-state index contributed by atoms with van der Waals surface area (Å²) >= 11 is 7.31. The predicted octanol–water partition coefficient (Wildman–Crippen LogP) is 2.31. The van der Waals surface area contributed by atoms with E-state index in [2.05, 4.69) is 10.1 Å². The second-order valence-electron chi connectivity index (χ2n) is 5.41. The number of carbonyl (C=O) groups is 2. The van der Waals surface area contributed by atoms with E-state index >= 15 is 0 Å². The van der Waals surface area contributed by atoms with Crippen molar-refractivity contribution >= 4 is 45.0 Å². The largest absolute Gasteiger partial charge is 0.468 e. The van der Waals surface area contributed by atoms with E-state index in [4.69, 9.17) is 16.3 Å². The third-order valence-electron chi connectivity index (χ3n) is 3.57. The van der Waals surface area contributed by atoms with E-state index in [0.29, 0.717) is 9.82 Å². The van der Waals surface area contributed by atoms with Gasteiger partial charge in [-0.15, -0.1) is 0 Å². The lowest BCUT2D eigenvalue weighted by Crippen LogP contribution is -2.22. The van der Waals surface area contributed by atoms with Gasteiger partial charge in [-0.1, -0.05) is 22.9 Å². The molecule has 0 saturated carbocycles. The van der Waals surface area contributed by atoms with Gasteiger partial charge in [0.25, 0.3) is 5.91 Å². The summed E-state index contributed by atoms with van der Waals surface area (Å²) in [5, 5.41) is 4.70. The third-order valence-corrected chi connectivity index (χ3v) is 4.85. The molecule has 0 bridgehead atoms. The zero-order chi connectivity index (χ0) is 18.1. The van der Waals surface area contributed by atoms with Crippen LogP contribution in [0, 0.1) is 6.92 Å². The van der Waals surface area contributed by atoms with Gasteiger partial charge in [0.05, 0.1) is 17.3 Å². The number of benzene rings is 1. The SMILES string of the molecule is COC(=O)Cn1c(=NC(=O)c2nn(C)cc2C)sc2cc(Cl)ccc21. The molecule has 0 fully saturated rings. The van der Waals surface area contributed by atoms with Gasteiger partial charge in [-0.05, 0) is 25.1 Å². The Morgan fingerprint density at radius 2 is 2.16 bits per heavy atom. The number of halogens is 1. The number of hydrogen-bond acceptors (Lipinski definition) is 5. The van der Waals surface area contributed by atoms with Crippen molar-refractivity contribution < 1.29 is 14.3 Å². The molecular weight excluding hydrogens is 364 g/mol. The molecule has 0 saturated heterocycles. The van der Waals surface area contributed by atoms with Crippen LogP contribution >= 0.6 is 22.9 Å². The number of hydrogen-bond donors (Lipinski definition) is 0. The first-order valence-electron chi connectivity index (χ1n) is 7.34. The number of thiazole rings is 1. The summed E-state index contributed by atoms with van der Waals surface area (Å²) in [5.41, 5.74) is 1.77. The molecule has 0 spiro atoms. The molecule has 1 amide bonds. The van der Waals surface area contributed by atoms with Gasteiger partial charge in [0.1, 0.15) is 6.54 Å². The Hall–Kier alpha value is -2.45. The number of amides is 1. The summed E-state index contributed by atoms with van der Waals surface area (Å²) in [5.74, 6) is -0.896. The standard InChI is InChI=1S/C16H15ClN4O3S/c1-9-7-20(2)19-14(9)15(23)18-16-21(8-13(22)24-3)11-5-4-10(17)6-12(11)25-16/h4-7H,8H2,1-3H3. The highest BCUT2D eigenvalue weighted by Crippen LogP contribution is 2.22. The average molecular weight is 379 g/mol. The number of ether oxygens (including phenoxy) is 1. The van der Waals surface area contributed by atoms with E-state index in [1.54, 1.807) is 47.6 Å². The molecule has 2 heterocycles. The summed E-state index contributed by atoms with van der Waals surface area (Å²) in [4.78, 5) is 28.8. The molecule has 0 atom stereocenters. The summed E-state index contributed by atoms with van der Waals surface area (Å²) in [6, 6.07) is 5.27. The summed E-state index contributed by atoms with van der Waals surface area (Å²) in [6.07, 6.45) is 1.75. The molecule has 0 unspecified atom stereocenters. The van der Waals surface area contributed by atoms with Crippen molar-refractivity contribution in [2.75, 3.05) is 7.11 Å². The molecule has 3 rings (SSSR count). The highest BCUT2D eigenvalue weighted by Gasteiger charge is 2.15. The highest BCUT2D eigenvalue weighted by atomic mass is 35.5. The fourth-order valence-corrected chi connectivity index (χ4v) is 3.74. The van der Waals surface area contributed by atoms with Crippen molar-refractivity contribution in [3.05, 3.63) is 45.5 Å². The Labute approximate surface area is 152 Å². The first kappa shape index (κ1) is 17.4. The average Bonchev–Trinajstić information content (AvgIpc) is 3.06. The first-order valence-corrected chi connectivity index (χ1v) is 8.53. The molecule has 0 N–H and O–H groups in total. The lowest BCUT2D eigenvalue weighted by atomic mass is 10.3. The summed E-state index contributed by atoms with van der Waals surface area (Å²) in [6.45, 7) is 1.74. The fraction of sp³-hybridized carbons (Fsp3) is 0.250. The van der Waals surface area contributed by atoms with Crippen LogP contribution in [0.3, 0.4) is 0 Å². The number of aryl methyl sites for hydroxylation is 2. The molecule has 0 radical (unpaired) electrons. The molecular formula is C16H15ClN4O3S. The van der Waals surface area contributed by atoms with Crippen molar-refractivity contribution in [3.63, 3.8) is 0 Å². The Bertz CT molecular complexity index is 1050. The summed E-state index contributed by atoms with van der Waals surface area (Å²) in [7, 11) is 3.05. The summed E-state index contributed by atoms with van der Waals surface area (Å²) < 4.78 is 8.76. The molecule has 25 heavy (non-hydrogen) atoms. The highest BCUT2D eigenvalue weighted by molar-refractivity contribution is 7.16. The maximum atomic E-state index is 12.5. The zero-order valence-electron chi connectivity index (χ0n) is 13.8. The van der Waals surface area contributed by atoms with Crippen LogP contribution in [-0.4, -0.2) is 33.3 Å². The van der Waals surface area contributed by atoms with Gasteiger partial charge in [-0.3, -0.25) is 14.3 Å². The minimum Gasteiger partial charge on any atom is -0.468 e. The van der Waals surface area contributed by atoms with Crippen molar-refractivity contribution in [2.24, 2.45) is 12.0 Å². The molecule has 0 aliphatic carbocycles. The Morgan fingerprint density at radius 3 is 2.80 bits per heavy atom. The van der Waals surface area contributed by atoms with Crippen LogP contribution < -0.4 is 4.80 Å². The van der Waals surface area contributed by atoms with Gasteiger partial charge >= 0.3 is 5.97 Å². The smallest absolute Gasteiger partial charge is 0.325 e. The van der Waals surface area contributed by atoms with Crippen LogP contribution in [0.4, 0.5) is 0 Å². The van der Waals surface area contributed by atoms with Crippen LogP contribution in [0.15, 0.2) is 29.4 Å². The Kier molecular flexibility index (Phi) is 4.73. The fourth-order valence-electron chi connectivity index (χ4n) is 2.44. The molecule has 7 nitrogen and oxygen atoms in total. The van der Waals surface area contributed by atoms with Crippen LogP contribution in [0.1, 0.15) is 16.1 Å². The van der Waals surface area contributed by atoms with Gasteiger partial charge in [-0.25, -0.2) is 0 Å². The molecule has 3 aromatic rings. The zero-order valence-corrected chi connectivity index (χ0v) is 15.4. The third kappa shape index (κ3) is 3.49. The van der Waals surface area contributed by atoms with E-state index in [-0.39, 0.29) is 12.2 Å². The van der Waals surface area contributed by atoms with Gasteiger partial charge in [0.15, 0.2) is 10.5 Å². The van der Waals surface area contributed by atoms with E-state index < -0.39 is 11.9 Å². The van der Waals surface area contributed by atoms with Crippen molar-refractivity contribution in [1.29, 1.82) is 0 Å². The molecule has 2 aromatic heterocycles. The molecule has 0 aliphatic rings. The van der Waals surface area contributed by atoms with E-state index in [0.717, 1.165) is 15.8 Å².